The number of fused-ring (bicyclic) bond motifs is 1. The molecule has 0 radical (unpaired) electrons. The van der Waals surface area contributed by atoms with Crippen LogP contribution in [0.2, 0.25) is 0 Å². The molecule has 2 aromatic rings. The fourth-order valence-corrected chi connectivity index (χ4v) is 4.77. The van der Waals surface area contributed by atoms with Crippen molar-refractivity contribution >= 4 is 35.3 Å². The lowest BCUT2D eigenvalue weighted by Gasteiger charge is -2.40. The summed E-state index contributed by atoms with van der Waals surface area (Å²) in [6.45, 7) is 1.89. The van der Waals surface area contributed by atoms with Crippen molar-refractivity contribution in [3.8, 4) is 0 Å². The molecular formula is C23H22FN3O3S. The Hall–Kier alpha value is -3.13. The van der Waals surface area contributed by atoms with Gasteiger partial charge in [0.15, 0.2) is 0 Å². The molecule has 0 aromatic heterocycles. The van der Waals surface area contributed by atoms with Crippen molar-refractivity contribution in [2.45, 2.75) is 31.2 Å². The topological polar surface area (TPSA) is 69.7 Å². The fraction of sp³-hybridized carbons (Fsp3) is 0.261. The van der Waals surface area contributed by atoms with Crippen molar-refractivity contribution in [3.63, 3.8) is 0 Å². The SMILES string of the molecule is CCc1cccc(NC(=O)CN2C(=O)N(Cc3ccc(F)cc3)C(=O)C3SC=CC32)c1. The van der Waals surface area contributed by atoms with E-state index >= 15 is 0 Å². The molecule has 2 aliphatic heterocycles. The second kappa shape index (κ2) is 8.93. The van der Waals surface area contributed by atoms with Gasteiger partial charge in [-0.3, -0.25) is 14.5 Å². The number of aryl methyl sites for hydroxylation is 1. The molecule has 2 aromatic carbocycles. The Balaban J connectivity index is 1.51. The van der Waals surface area contributed by atoms with Gasteiger partial charge in [0.2, 0.25) is 11.8 Å². The van der Waals surface area contributed by atoms with E-state index in [4.69, 9.17) is 0 Å². The second-order valence-electron chi connectivity index (χ2n) is 7.44. The van der Waals surface area contributed by atoms with Crippen LogP contribution in [0.25, 0.3) is 0 Å². The van der Waals surface area contributed by atoms with Crippen LogP contribution in [0.3, 0.4) is 0 Å². The largest absolute Gasteiger partial charge is 0.328 e. The number of benzene rings is 2. The molecule has 6 nitrogen and oxygen atoms in total. The number of imide groups is 1. The van der Waals surface area contributed by atoms with Crippen molar-refractivity contribution in [2.24, 2.45) is 0 Å². The predicted molar refractivity (Wildman–Crippen MR) is 118 cm³/mol. The smallest absolute Gasteiger partial charge is 0.325 e. The number of anilines is 1. The highest BCUT2D eigenvalue weighted by molar-refractivity contribution is 8.03. The first kappa shape index (κ1) is 21.1. The number of carbonyl (C=O) groups is 3. The van der Waals surface area contributed by atoms with Gasteiger partial charge in [-0.05, 0) is 47.2 Å². The van der Waals surface area contributed by atoms with Crippen LogP contribution in [0.1, 0.15) is 18.1 Å². The highest BCUT2D eigenvalue weighted by Crippen LogP contribution is 2.35. The molecule has 31 heavy (non-hydrogen) atoms. The summed E-state index contributed by atoms with van der Waals surface area (Å²) in [5, 5.41) is 4.14. The van der Waals surface area contributed by atoms with Gasteiger partial charge in [0, 0.05) is 5.69 Å². The molecule has 0 aliphatic carbocycles. The summed E-state index contributed by atoms with van der Waals surface area (Å²) >= 11 is 1.34. The summed E-state index contributed by atoms with van der Waals surface area (Å²) in [4.78, 5) is 41.4. The van der Waals surface area contributed by atoms with E-state index in [-0.39, 0.29) is 30.7 Å². The lowest BCUT2D eigenvalue weighted by atomic mass is 10.1. The van der Waals surface area contributed by atoms with Gasteiger partial charge in [0.05, 0.1) is 12.6 Å². The van der Waals surface area contributed by atoms with Crippen molar-refractivity contribution in [1.29, 1.82) is 0 Å². The molecular weight excluding hydrogens is 417 g/mol. The van der Waals surface area contributed by atoms with Gasteiger partial charge < -0.3 is 10.2 Å². The van der Waals surface area contributed by atoms with Gasteiger partial charge >= 0.3 is 6.03 Å². The average Bonchev–Trinajstić information content (AvgIpc) is 3.26. The van der Waals surface area contributed by atoms with Crippen molar-refractivity contribution in [1.82, 2.24) is 9.80 Å². The van der Waals surface area contributed by atoms with Crippen molar-refractivity contribution in [3.05, 3.63) is 77.0 Å². The van der Waals surface area contributed by atoms with E-state index in [2.05, 4.69) is 5.32 Å². The maximum Gasteiger partial charge on any atom is 0.328 e. The van der Waals surface area contributed by atoms with Crippen LogP contribution < -0.4 is 5.32 Å². The molecule has 1 saturated heterocycles. The van der Waals surface area contributed by atoms with Crippen LogP contribution in [0.15, 0.2) is 60.0 Å². The van der Waals surface area contributed by atoms with Gasteiger partial charge in [-0.2, -0.15) is 0 Å². The lowest BCUT2D eigenvalue weighted by Crippen LogP contribution is -2.62. The van der Waals surface area contributed by atoms with E-state index in [1.165, 1.54) is 28.8 Å². The number of urea groups is 1. The summed E-state index contributed by atoms with van der Waals surface area (Å²) in [7, 11) is 0. The minimum absolute atomic E-state index is 0.0262. The number of hydrogen-bond acceptors (Lipinski definition) is 4. The normalized spacial score (nSPS) is 20.2. The molecule has 2 atom stereocenters. The first-order valence-corrected chi connectivity index (χ1v) is 11.0. The molecule has 1 fully saturated rings. The summed E-state index contributed by atoms with van der Waals surface area (Å²) in [5.74, 6) is -1.02. The van der Waals surface area contributed by atoms with Gasteiger partial charge in [-0.25, -0.2) is 9.18 Å². The number of halogens is 1. The number of nitrogens with one attached hydrogen (secondary N) is 1. The number of hydrogen-bond donors (Lipinski definition) is 1. The minimum atomic E-state index is -0.528. The molecule has 2 unspecified atom stereocenters. The number of carbonyl (C=O) groups excluding carboxylic acids is 3. The number of amides is 4. The van der Waals surface area contributed by atoms with E-state index in [0.717, 1.165) is 16.9 Å². The van der Waals surface area contributed by atoms with Crippen molar-refractivity contribution in [2.75, 3.05) is 11.9 Å². The highest BCUT2D eigenvalue weighted by atomic mass is 32.2. The molecule has 0 bridgehead atoms. The predicted octanol–water partition coefficient (Wildman–Crippen LogP) is 3.79. The fourth-order valence-electron chi connectivity index (χ4n) is 3.71. The van der Waals surface area contributed by atoms with Gasteiger partial charge in [0.25, 0.3) is 0 Å². The zero-order valence-electron chi connectivity index (χ0n) is 17.0. The van der Waals surface area contributed by atoms with Crippen LogP contribution in [-0.4, -0.2) is 45.5 Å². The third kappa shape index (κ3) is 4.49. The summed E-state index contributed by atoms with van der Waals surface area (Å²) in [6, 6.07) is 12.2. The van der Waals surface area contributed by atoms with E-state index < -0.39 is 17.3 Å². The Bertz CT molecular complexity index is 1040. The van der Waals surface area contributed by atoms with Gasteiger partial charge in [-0.1, -0.05) is 37.3 Å². The van der Waals surface area contributed by atoms with Gasteiger partial charge in [0.1, 0.15) is 17.6 Å². The lowest BCUT2D eigenvalue weighted by molar-refractivity contribution is -0.132. The Morgan fingerprint density at radius 1 is 1.13 bits per heavy atom. The first-order valence-electron chi connectivity index (χ1n) is 10.0. The van der Waals surface area contributed by atoms with Crippen LogP contribution in [-0.2, 0) is 22.6 Å². The van der Waals surface area contributed by atoms with E-state index in [1.807, 2.05) is 25.1 Å². The summed E-state index contributed by atoms with van der Waals surface area (Å²) < 4.78 is 13.2. The van der Waals surface area contributed by atoms with E-state index in [1.54, 1.807) is 29.7 Å². The molecule has 0 spiro atoms. The molecule has 160 valence electrons. The van der Waals surface area contributed by atoms with Crippen molar-refractivity contribution < 1.29 is 18.8 Å². The molecule has 0 saturated carbocycles. The van der Waals surface area contributed by atoms with Crippen LogP contribution in [0.5, 0.6) is 0 Å². The maximum atomic E-state index is 13.2. The third-order valence-corrected chi connectivity index (χ3v) is 6.43. The first-order chi connectivity index (χ1) is 15.0. The van der Waals surface area contributed by atoms with Crippen LogP contribution >= 0.6 is 11.8 Å². The average molecular weight is 440 g/mol. The van der Waals surface area contributed by atoms with Crippen LogP contribution in [0, 0.1) is 5.82 Å². The summed E-state index contributed by atoms with van der Waals surface area (Å²) in [5.41, 5.74) is 2.40. The maximum absolute atomic E-state index is 13.2. The molecule has 2 heterocycles. The zero-order valence-corrected chi connectivity index (χ0v) is 17.8. The van der Waals surface area contributed by atoms with E-state index in [0.29, 0.717) is 11.3 Å². The van der Waals surface area contributed by atoms with Crippen LogP contribution in [0.4, 0.5) is 14.9 Å². The highest BCUT2D eigenvalue weighted by Gasteiger charge is 2.47. The molecule has 1 N–H and O–H groups in total. The standard InChI is InChI=1S/C23H22FN3O3S/c1-2-15-4-3-5-18(12-15)25-20(28)14-26-19-10-11-31-21(19)22(29)27(23(26)30)13-16-6-8-17(24)9-7-16/h3-12,19,21H,2,13-14H2,1H3,(H,25,28). The molecule has 4 rings (SSSR count). The second-order valence-corrected chi connectivity index (χ2v) is 8.49. The molecule has 2 aliphatic rings. The van der Waals surface area contributed by atoms with Gasteiger partial charge in [-0.15, -0.1) is 11.8 Å². The monoisotopic (exact) mass is 439 g/mol. The van der Waals surface area contributed by atoms with E-state index in [9.17, 15) is 18.8 Å². The number of thioether (sulfide) groups is 1. The zero-order chi connectivity index (χ0) is 22.0. The Labute approximate surface area is 184 Å². The molecule has 8 heteroatoms. The summed E-state index contributed by atoms with van der Waals surface area (Å²) in [6.07, 6.45) is 2.63. The molecule has 4 amide bonds. The Morgan fingerprint density at radius 2 is 1.90 bits per heavy atom. The number of nitrogens with zero attached hydrogens (tertiary/aromatic N) is 2. The Kier molecular flexibility index (Phi) is 6.08. The quantitative estimate of drug-likeness (QED) is 0.744. The minimum Gasteiger partial charge on any atom is -0.325 e. The third-order valence-electron chi connectivity index (χ3n) is 5.34. The number of rotatable bonds is 6. The Morgan fingerprint density at radius 3 is 2.65 bits per heavy atom.